The van der Waals surface area contributed by atoms with Crippen LogP contribution in [0.5, 0.6) is 0 Å². The maximum absolute atomic E-state index is 4.42. The lowest BCUT2D eigenvalue weighted by molar-refractivity contribution is 0.910. The highest BCUT2D eigenvalue weighted by Gasteiger charge is 2.04. The van der Waals surface area contributed by atoms with E-state index in [9.17, 15) is 0 Å². The van der Waals surface area contributed by atoms with Crippen LogP contribution in [0.25, 0.3) is 5.65 Å². The predicted octanol–water partition coefficient (Wildman–Crippen LogP) is 2.71. The molecule has 3 aromatic rings. The lowest BCUT2D eigenvalue weighted by Gasteiger charge is -1.97. The molecule has 3 heterocycles. The van der Waals surface area contributed by atoms with Crippen molar-refractivity contribution in [2.24, 2.45) is 0 Å². The van der Waals surface area contributed by atoms with E-state index in [0.29, 0.717) is 5.95 Å². The molecule has 0 aliphatic rings. The van der Waals surface area contributed by atoms with E-state index < -0.39 is 0 Å². The fraction of sp³-hybridized carbons (Fsp3) is 0.167. The molecule has 0 bridgehead atoms. The van der Waals surface area contributed by atoms with Crippen molar-refractivity contribution in [1.29, 1.82) is 0 Å². The molecule has 4 nitrogen and oxygen atoms in total. The van der Waals surface area contributed by atoms with Gasteiger partial charge in [0.05, 0.1) is 0 Å². The summed E-state index contributed by atoms with van der Waals surface area (Å²) >= 11 is 1.70. The van der Waals surface area contributed by atoms with E-state index in [1.165, 1.54) is 5.56 Å². The van der Waals surface area contributed by atoms with Gasteiger partial charge in [0.25, 0.3) is 0 Å². The van der Waals surface area contributed by atoms with Crippen molar-refractivity contribution >= 4 is 22.9 Å². The van der Waals surface area contributed by atoms with Crippen LogP contribution < -0.4 is 5.32 Å². The zero-order valence-corrected chi connectivity index (χ0v) is 10.2. The normalized spacial score (nSPS) is 10.9. The van der Waals surface area contributed by atoms with Gasteiger partial charge in [0, 0.05) is 12.2 Å². The molecular weight excluding hydrogens is 232 g/mol. The quantitative estimate of drug-likeness (QED) is 0.770. The van der Waals surface area contributed by atoms with Crippen molar-refractivity contribution in [1.82, 2.24) is 14.6 Å². The lowest BCUT2D eigenvalue weighted by atomic mass is 10.3. The average molecular weight is 244 g/mol. The van der Waals surface area contributed by atoms with Crippen molar-refractivity contribution in [2.75, 3.05) is 5.32 Å². The highest BCUT2D eigenvalue weighted by molar-refractivity contribution is 7.07. The minimum atomic E-state index is 0.672. The molecule has 0 aromatic carbocycles. The van der Waals surface area contributed by atoms with Gasteiger partial charge >= 0.3 is 0 Å². The van der Waals surface area contributed by atoms with E-state index in [1.54, 1.807) is 11.3 Å². The van der Waals surface area contributed by atoms with E-state index >= 15 is 0 Å². The lowest BCUT2D eigenvalue weighted by Crippen LogP contribution is -2.00. The first-order chi connectivity index (χ1) is 8.33. The molecule has 5 heteroatoms. The number of nitrogens with zero attached hydrogens (tertiary/aromatic N) is 3. The molecule has 0 spiro atoms. The summed E-state index contributed by atoms with van der Waals surface area (Å²) < 4.78 is 1.84. The number of anilines is 1. The third-order valence-electron chi connectivity index (χ3n) is 2.58. The number of nitrogens with one attached hydrogen (secondary N) is 1. The summed E-state index contributed by atoms with van der Waals surface area (Å²) in [6, 6.07) is 8.06. The number of thiophene rings is 1. The van der Waals surface area contributed by atoms with E-state index in [0.717, 1.165) is 17.9 Å². The van der Waals surface area contributed by atoms with E-state index in [-0.39, 0.29) is 0 Å². The van der Waals surface area contributed by atoms with Gasteiger partial charge in [-0.25, -0.2) is 4.52 Å². The molecule has 0 saturated carbocycles. The monoisotopic (exact) mass is 244 g/mol. The second kappa shape index (κ2) is 4.18. The molecule has 0 radical (unpaired) electrons. The van der Waals surface area contributed by atoms with Gasteiger partial charge in [-0.2, -0.15) is 16.3 Å². The number of hydrogen-bond acceptors (Lipinski definition) is 4. The first kappa shape index (κ1) is 10.3. The Morgan fingerprint density at radius 1 is 1.35 bits per heavy atom. The number of rotatable bonds is 3. The van der Waals surface area contributed by atoms with Crippen LogP contribution in [-0.2, 0) is 6.54 Å². The fourth-order valence-electron chi connectivity index (χ4n) is 1.68. The number of aryl methyl sites for hydroxylation is 1. The number of fused-ring (bicyclic) bond motifs is 1. The third-order valence-corrected chi connectivity index (χ3v) is 3.31. The molecule has 0 amide bonds. The first-order valence-electron chi connectivity index (χ1n) is 5.40. The Labute approximate surface area is 103 Å². The molecule has 86 valence electrons. The Morgan fingerprint density at radius 2 is 2.29 bits per heavy atom. The summed E-state index contributed by atoms with van der Waals surface area (Å²) in [5, 5.41) is 11.8. The second-order valence-corrected chi connectivity index (χ2v) is 4.64. The zero-order chi connectivity index (χ0) is 11.7. The van der Waals surface area contributed by atoms with E-state index in [4.69, 9.17) is 0 Å². The molecule has 0 aliphatic carbocycles. The third kappa shape index (κ3) is 2.01. The summed E-state index contributed by atoms with van der Waals surface area (Å²) in [6.45, 7) is 2.78. The summed E-state index contributed by atoms with van der Waals surface area (Å²) in [6.07, 6.45) is 0. The Morgan fingerprint density at radius 3 is 3.06 bits per heavy atom. The van der Waals surface area contributed by atoms with Gasteiger partial charge in [0.15, 0.2) is 5.65 Å². The maximum Gasteiger partial charge on any atom is 0.243 e. The molecule has 17 heavy (non-hydrogen) atoms. The van der Waals surface area contributed by atoms with Gasteiger partial charge in [-0.1, -0.05) is 6.07 Å². The van der Waals surface area contributed by atoms with Crippen molar-refractivity contribution in [3.8, 4) is 0 Å². The zero-order valence-electron chi connectivity index (χ0n) is 9.42. The van der Waals surface area contributed by atoms with Crippen LogP contribution in [0, 0.1) is 6.92 Å². The summed E-state index contributed by atoms with van der Waals surface area (Å²) in [5.41, 5.74) is 3.21. The molecule has 1 N–H and O–H groups in total. The van der Waals surface area contributed by atoms with Crippen LogP contribution in [0.2, 0.25) is 0 Å². The topological polar surface area (TPSA) is 42.2 Å². The highest BCUT2D eigenvalue weighted by Crippen LogP contribution is 2.11. The summed E-state index contributed by atoms with van der Waals surface area (Å²) in [4.78, 5) is 4.42. The average Bonchev–Trinajstić information content (AvgIpc) is 2.95. The van der Waals surface area contributed by atoms with Gasteiger partial charge in [-0.15, -0.1) is 5.10 Å². The van der Waals surface area contributed by atoms with Crippen LogP contribution in [0.4, 0.5) is 5.95 Å². The van der Waals surface area contributed by atoms with Crippen molar-refractivity contribution in [2.45, 2.75) is 13.5 Å². The molecule has 3 aromatic heterocycles. The largest absolute Gasteiger partial charge is 0.349 e. The van der Waals surface area contributed by atoms with Gasteiger partial charge < -0.3 is 5.32 Å². The van der Waals surface area contributed by atoms with Gasteiger partial charge in [0.2, 0.25) is 5.95 Å². The van der Waals surface area contributed by atoms with E-state index in [2.05, 4.69) is 32.2 Å². The number of hydrogen-bond donors (Lipinski definition) is 1. The molecule has 0 fully saturated rings. The van der Waals surface area contributed by atoms with Crippen molar-refractivity contribution < 1.29 is 0 Å². The molecule has 3 rings (SSSR count). The standard InChI is InChI=1S/C12H12N4S/c1-9-3-2-4-11-14-12(15-16(9)11)13-7-10-5-6-17-8-10/h2-6,8H,7H2,1H3,(H,13,15). The fourth-order valence-corrected chi connectivity index (χ4v) is 2.35. The molecular formula is C12H12N4S. The highest BCUT2D eigenvalue weighted by atomic mass is 32.1. The molecule has 0 unspecified atom stereocenters. The van der Waals surface area contributed by atoms with Crippen LogP contribution in [-0.4, -0.2) is 14.6 Å². The van der Waals surface area contributed by atoms with Crippen LogP contribution in [0.15, 0.2) is 35.0 Å². The smallest absolute Gasteiger partial charge is 0.243 e. The van der Waals surface area contributed by atoms with Crippen LogP contribution in [0.1, 0.15) is 11.3 Å². The van der Waals surface area contributed by atoms with Gasteiger partial charge in [0.1, 0.15) is 0 Å². The Balaban J connectivity index is 1.84. The molecule has 0 saturated heterocycles. The Kier molecular flexibility index (Phi) is 2.53. The Bertz CT molecular complexity index is 627. The van der Waals surface area contributed by atoms with Gasteiger partial charge in [-0.3, -0.25) is 0 Å². The minimum absolute atomic E-state index is 0.672. The Hall–Kier alpha value is -1.88. The first-order valence-corrected chi connectivity index (χ1v) is 6.34. The second-order valence-electron chi connectivity index (χ2n) is 3.86. The number of pyridine rings is 1. The van der Waals surface area contributed by atoms with Crippen molar-refractivity contribution in [3.05, 3.63) is 46.3 Å². The van der Waals surface area contributed by atoms with Crippen molar-refractivity contribution in [3.63, 3.8) is 0 Å². The SMILES string of the molecule is Cc1cccc2nc(NCc3ccsc3)nn12. The van der Waals surface area contributed by atoms with Crippen LogP contribution in [0.3, 0.4) is 0 Å². The van der Waals surface area contributed by atoms with E-state index in [1.807, 2.05) is 29.6 Å². The van der Waals surface area contributed by atoms with Crippen LogP contribution >= 0.6 is 11.3 Å². The number of aromatic nitrogens is 3. The summed E-state index contributed by atoms with van der Waals surface area (Å²) in [5.74, 6) is 0.672. The summed E-state index contributed by atoms with van der Waals surface area (Å²) in [7, 11) is 0. The molecule has 0 atom stereocenters. The minimum Gasteiger partial charge on any atom is -0.349 e. The molecule has 0 aliphatic heterocycles. The predicted molar refractivity (Wildman–Crippen MR) is 69.4 cm³/mol. The van der Waals surface area contributed by atoms with Gasteiger partial charge in [-0.05, 0) is 41.4 Å². The maximum atomic E-state index is 4.42.